The first-order valence-corrected chi connectivity index (χ1v) is 8.86. The van der Waals surface area contributed by atoms with E-state index >= 15 is 0 Å². The second-order valence-electron chi connectivity index (χ2n) is 6.82. The molecule has 3 rings (SSSR count). The first kappa shape index (κ1) is 17.6. The minimum atomic E-state index is -0.308. The average molecular weight is 344 g/mol. The average Bonchev–Trinajstić information content (AvgIpc) is 2.84. The van der Waals surface area contributed by atoms with Crippen LogP contribution in [0, 0.1) is 0 Å². The van der Waals surface area contributed by atoms with Gasteiger partial charge in [-0.15, -0.1) is 0 Å². The number of likely N-dealkylation sites (tertiary alicyclic amines) is 1. The van der Waals surface area contributed by atoms with E-state index in [1.165, 1.54) is 4.90 Å². The molecule has 1 saturated heterocycles. The van der Waals surface area contributed by atoms with E-state index < -0.39 is 0 Å². The van der Waals surface area contributed by atoms with Crippen LogP contribution >= 0.6 is 0 Å². The number of carbonyl (C=O) groups excluding carboxylic acids is 3. The SMILES string of the molecule is CC(C)OC1CCN(C(=O)CCN2C(=O)c3ccccc3C2=O)CC1. The minimum absolute atomic E-state index is 0.0143. The molecular formula is C19H24N2O4. The molecular weight excluding hydrogens is 320 g/mol. The molecule has 0 saturated carbocycles. The van der Waals surface area contributed by atoms with Crippen molar-refractivity contribution in [2.45, 2.75) is 45.3 Å². The summed E-state index contributed by atoms with van der Waals surface area (Å²) < 4.78 is 5.79. The molecule has 2 aliphatic heterocycles. The van der Waals surface area contributed by atoms with Crippen molar-refractivity contribution in [3.8, 4) is 0 Å². The summed E-state index contributed by atoms with van der Waals surface area (Å²) in [5, 5.41) is 0. The number of hydrogen-bond acceptors (Lipinski definition) is 4. The summed E-state index contributed by atoms with van der Waals surface area (Å²) in [6.07, 6.45) is 2.23. The first-order valence-electron chi connectivity index (χ1n) is 8.86. The zero-order valence-corrected chi connectivity index (χ0v) is 14.7. The topological polar surface area (TPSA) is 66.9 Å². The molecule has 134 valence electrons. The maximum atomic E-state index is 12.4. The van der Waals surface area contributed by atoms with E-state index in [-0.39, 0.29) is 42.9 Å². The number of piperidine rings is 1. The number of fused-ring (bicyclic) bond motifs is 1. The summed E-state index contributed by atoms with van der Waals surface area (Å²) in [5.41, 5.74) is 0.846. The molecule has 1 fully saturated rings. The molecule has 0 aromatic heterocycles. The molecule has 2 heterocycles. The summed E-state index contributed by atoms with van der Waals surface area (Å²) in [5.74, 6) is -0.630. The Morgan fingerprint density at radius 1 is 1.12 bits per heavy atom. The summed E-state index contributed by atoms with van der Waals surface area (Å²) in [7, 11) is 0. The van der Waals surface area contributed by atoms with Gasteiger partial charge in [-0.25, -0.2) is 0 Å². The molecule has 0 unspecified atom stereocenters. The summed E-state index contributed by atoms with van der Waals surface area (Å²) in [6, 6.07) is 6.78. The predicted octanol–water partition coefficient (Wildman–Crippen LogP) is 2.09. The molecule has 2 aliphatic rings. The molecule has 0 atom stereocenters. The number of rotatable bonds is 5. The molecule has 6 nitrogen and oxygen atoms in total. The minimum Gasteiger partial charge on any atom is -0.375 e. The van der Waals surface area contributed by atoms with Crippen molar-refractivity contribution in [2.24, 2.45) is 0 Å². The smallest absolute Gasteiger partial charge is 0.261 e. The van der Waals surface area contributed by atoms with Gasteiger partial charge in [0.2, 0.25) is 5.91 Å². The van der Waals surface area contributed by atoms with Crippen LogP contribution in [0.5, 0.6) is 0 Å². The van der Waals surface area contributed by atoms with Gasteiger partial charge in [-0.3, -0.25) is 19.3 Å². The fourth-order valence-electron chi connectivity index (χ4n) is 3.43. The number of amides is 3. The molecule has 0 N–H and O–H groups in total. The van der Waals surface area contributed by atoms with Crippen LogP contribution < -0.4 is 0 Å². The van der Waals surface area contributed by atoms with E-state index in [0.29, 0.717) is 24.2 Å². The monoisotopic (exact) mass is 344 g/mol. The Morgan fingerprint density at radius 2 is 1.68 bits per heavy atom. The van der Waals surface area contributed by atoms with Gasteiger partial charge in [0.1, 0.15) is 0 Å². The van der Waals surface area contributed by atoms with Crippen LogP contribution in [0.1, 0.15) is 53.8 Å². The molecule has 0 spiro atoms. The van der Waals surface area contributed by atoms with Crippen molar-refractivity contribution < 1.29 is 19.1 Å². The van der Waals surface area contributed by atoms with Gasteiger partial charge in [-0.2, -0.15) is 0 Å². The fourth-order valence-corrected chi connectivity index (χ4v) is 3.43. The summed E-state index contributed by atoms with van der Waals surface area (Å²) >= 11 is 0. The van der Waals surface area contributed by atoms with Crippen molar-refractivity contribution >= 4 is 17.7 Å². The third-order valence-electron chi connectivity index (χ3n) is 4.69. The molecule has 1 aromatic rings. The first-order chi connectivity index (χ1) is 12.0. The van der Waals surface area contributed by atoms with Crippen LogP contribution in [0.25, 0.3) is 0 Å². The Kier molecular flexibility index (Phi) is 5.18. The van der Waals surface area contributed by atoms with Crippen LogP contribution in [0.3, 0.4) is 0 Å². The van der Waals surface area contributed by atoms with Gasteiger partial charge in [0.05, 0.1) is 23.3 Å². The lowest BCUT2D eigenvalue weighted by Gasteiger charge is -2.33. The highest BCUT2D eigenvalue weighted by atomic mass is 16.5. The van der Waals surface area contributed by atoms with Gasteiger partial charge in [0.15, 0.2) is 0 Å². The zero-order chi connectivity index (χ0) is 18.0. The van der Waals surface area contributed by atoms with E-state index in [4.69, 9.17) is 4.74 Å². The normalized spacial score (nSPS) is 18.2. The Labute approximate surface area is 147 Å². The van der Waals surface area contributed by atoms with Gasteiger partial charge in [0, 0.05) is 26.1 Å². The maximum Gasteiger partial charge on any atom is 0.261 e. The maximum absolute atomic E-state index is 12.4. The van der Waals surface area contributed by atoms with Gasteiger partial charge in [-0.05, 0) is 38.8 Å². The van der Waals surface area contributed by atoms with E-state index in [0.717, 1.165) is 12.8 Å². The number of carbonyl (C=O) groups is 3. The molecule has 1 aromatic carbocycles. The third kappa shape index (κ3) is 3.74. The van der Waals surface area contributed by atoms with Crippen LogP contribution in [-0.4, -0.2) is 59.4 Å². The molecule has 0 bridgehead atoms. The van der Waals surface area contributed by atoms with Crippen molar-refractivity contribution in [1.29, 1.82) is 0 Å². The van der Waals surface area contributed by atoms with Crippen molar-refractivity contribution in [1.82, 2.24) is 9.80 Å². The van der Waals surface area contributed by atoms with Crippen LogP contribution in [-0.2, 0) is 9.53 Å². The Bertz CT molecular complexity index is 643. The third-order valence-corrected chi connectivity index (χ3v) is 4.69. The molecule has 0 aliphatic carbocycles. The van der Waals surface area contributed by atoms with Crippen LogP contribution in [0.4, 0.5) is 0 Å². The van der Waals surface area contributed by atoms with Crippen molar-refractivity contribution in [3.05, 3.63) is 35.4 Å². The molecule has 6 heteroatoms. The van der Waals surface area contributed by atoms with Gasteiger partial charge >= 0.3 is 0 Å². The highest BCUT2D eigenvalue weighted by Gasteiger charge is 2.35. The quantitative estimate of drug-likeness (QED) is 0.767. The Morgan fingerprint density at radius 3 is 2.20 bits per heavy atom. The predicted molar refractivity (Wildman–Crippen MR) is 92.2 cm³/mol. The summed E-state index contributed by atoms with van der Waals surface area (Å²) in [6.45, 7) is 5.49. The van der Waals surface area contributed by atoms with E-state index in [1.807, 2.05) is 13.8 Å². The lowest BCUT2D eigenvalue weighted by Crippen LogP contribution is -2.43. The number of ether oxygens (including phenoxy) is 1. The Balaban J connectivity index is 1.51. The van der Waals surface area contributed by atoms with Gasteiger partial charge < -0.3 is 9.64 Å². The second kappa shape index (κ2) is 7.35. The second-order valence-corrected chi connectivity index (χ2v) is 6.82. The van der Waals surface area contributed by atoms with E-state index in [9.17, 15) is 14.4 Å². The van der Waals surface area contributed by atoms with E-state index in [1.54, 1.807) is 29.2 Å². The number of benzene rings is 1. The molecule has 3 amide bonds. The van der Waals surface area contributed by atoms with Crippen LogP contribution in [0.15, 0.2) is 24.3 Å². The van der Waals surface area contributed by atoms with E-state index in [2.05, 4.69) is 0 Å². The number of nitrogens with zero attached hydrogens (tertiary/aromatic N) is 2. The van der Waals surface area contributed by atoms with Crippen LogP contribution in [0.2, 0.25) is 0 Å². The standard InChI is InChI=1S/C19H24N2O4/c1-13(2)25-14-7-10-20(11-8-14)17(22)9-12-21-18(23)15-5-3-4-6-16(15)19(21)24/h3-6,13-14H,7-12H2,1-2H3. The molecule has 0 radical (unpaired) electrons. The largest absolute Gasteiger partial charge is 0.375 e. The summed E-state index contributed by atoms with van der Waals surface area (Å²) in [4.78, 5) is 40.0. The van der Waals surface area contributed by atoms with Crippen molar-refractivity contribution in [3.63, 3.8) is 0 Å². The van der Waals surface area contributed by atoms with Crippen molar-refractivity contribution in [2.75, 3.05) is 19.6 Å². The Hall–Kier alpha value is -2.21. The number of hydrogen-bond donors (Lipinski definition) is 0. The lowest BCUT2D eigenvalue weighted by molar-refractivity contribution is -0.134. The highest BCUT2D eigenvalue weighted by molar-refractivity contribution is 6.21. The van der Waals surface area contributed by atoms with Gasteiger partial charge in [0.25, 0.3) is 11.8 Å². The van der Waals surface area contributed by atoms with Gasteiger partial charge in [-0.1, -0.05) is 12.1 Å². The zero-order valence-electron chi connectivity index (χ0n) is 14.7. The lowest BCUT2D eigenvalue weighted by atomic mass is 10.1. The number of imide groups is 1. The fraction of sp³-hybridized carbons (Fsp3) is 0.526. The molecule has 25 heavy (non-hydrogen) atoms. The highest BCUT2D eigenvalue weighted by Crippen LogP contribution is 2.23.